The molecular weight excluding hydrogens is 302 g/mol. The van der Waals surface area contributed by atoms with E-state index in [4.69, 9.17) is 4.74 Å². The summed E-state index contributed by atoms with van der Waals surface area (Å²) in [4.78, 5) is 14.5. The van der Waals surface area contributed by atoms with Gasteiger partial charge in [0.15, 0.2) is 11.6 Å². The van der Waals surface area contributed by atoms with Crippen LogP contribution in [0.3, 0.4) is 0 Å². The number of amides is 1. The molecule has 124 valence electrons. The van der Waals surface area contributed by atoms with Gasteiger partial charge in [0.1, 0.15) is 0 Å². The fourth-order valence-electron chi connectivity index (χ4n) is 3.71. The second kappa shape index (κ2) is 5.83. The lowest BCUT2D eigenvalue weighted by atomic mass is 10.0. The zero-order chi connectivity index (χ0) is 16.0. The van der Waals surface area contributed by atoms with E-state index in [0.717, 1.165) is 25.3 Å². The van der Waals surface area contributed by atoms with Gasteiger partial charge in [-0.25, -0.2) is 8.78 Å². The number of rotatable bonds is 4. The normalized spacial score (nSPS) is 30.4. The lowest BCUT2D eigenvalue weighted by Crippen LogP contribution is -2.39. The molecule has 1 saturated carbocycles. The van der Waals surface area contributed by atoms with Crippen molar-refractivity contribution in [3.63, 3.8) is 0 Å². The van der Waals surface area contributed by atoms with Crippen LogP contribution >= 0.6 is 0 Å². The van der Waals surface area contributed by atoms with Gasteiger partial charge in [0, 0.05) is 37.3 Å². The van der Waals surface area contributed by atoms with E-state index in [2.05, 4.69) is 10.2 Å². The maximum atomic E-state index is 13.9. The van der Waals surface area contributed by atoms with E-state index in [1.807, 2.05) is 0 Å². The van der Waals surface area contributed by atoms with Gasteiger partial charge in [0.05, 0.1) is 12.0 Å². The largest absolute Gasteiger partial charge is 0.376 e. The number of nitrogens with one attached hydrogen (secondary N) is 1. The minimum atomic E-state index is -0.830. The number of hydrogen-bond acceptors (Lipinski definition) is 3. The van der Waals surface area contributed by atoms with Crippen LogP contribution in [0.15, 0.2) is 18.2 Å². The van der Waals surface area contributed by atoms with Crippen molar-refractivity contribution in [1.82, 2.24) is 10.2 Å². The van der Waals surface area contributed by atoms with Crippen LogP contribution in [0.2, 0.25) is 0 Å². The molecule has 1 aromatic rings. The van der Waals surface area contributed by atoms with Crippen molar-refractivity contribution in [2.75, 3.05) is 13.2 Å². The minimum Gasteiger partial charge on any atom is -0.376 e. The van der Waals surface area contributed by atoms with Crippen molar-refractivity contribution >= 4 is 5.91 Å². The Morgan fingerprint density at radius 3 is 2.91 bits per heavy atom. The number of carbonyl (C=O) groups excluding carboxylic acids is 1. The first-order valence-corrected chi connectivity index (χ1v) is 8.22. The van der Waals surface area contributed by atoms with Crippen LogP contribution in [0.4, 0.5) is 8.78 Å². The fraction of sp³-hybridized carbons (Fsp3) is 0.588. The molecule has 23 heavy (non-hydrogen) atoms. The van der Waals surface area contributed by atoms with Crippen LogP contribution in [0.5, 0.6) is 0 Å². The summed E-state index contributed by atoms with van der Waals surface area (Å²) in [6, 6.07) is 4.66. The fourth-order valence-corrected chi connectivity index (χ4v) is 3.71. The van der Waals surface area contributed by atoms with Gasteiger partial charge in [-0.05, 0) is 25.3 Å². The first-order chi connectivity index (χ1) is 11.1. The third-order valence-corrected chi connectivity index (χ3v) is 5.07. The smallest absolute Gasteiger partial charge is 0.227 e. The summed E-state index contributed by atoms with van der Waals surface area (Å²) in [6.45, 7) is 1.45. The van der Waals surface area contributed by atoms with E-state index >= 15 is 0 Å². The molecule has 1 aliphatic carbocycles. The molecule has 0 unspecified atom stereocenters. The van der Waals surface area contributed by atoms with E-state index in [9.17, 15) is 13.6 Å². The molecule has 2 heterocycles. The number of benzene rings is 1. The van der Waals surface area contributed by atoms with Crippen molar-refractivity contribution in [1.29, 1.82) is 0 Å². The zero-order valence-electron chi connectivity index (χ0n) is 12.8. The summed E-state index contributed by atoms with van der Waals surface area (Å²) in [5.41, 5.74) is 0.332. The summed E-state index contributed by atoms with van der Waals surface area (Å²) in [5, 5.41) is 3.03. The molecule has 1 amide bonds. The monoisotopic (exact) mass is 322 g/mol. The molecule has 3 atom stereocenters. The lowest BCUT2D eigenvalue weighted by Gasteiger charge is -2.22. The zero-order valence-corrected chi connectivity index (χ0v) is 12.8. The molecular formula is C17H20F2N2O2. The second-order valence-corrected chi connectivity index (χ2v) is 6.72. The molecule has 4 nitrogen and oxygen atoms in total. The number of halogens is 2. The van der Waals surface area contributed by atoms with Gasteiger partial charge in [-0.15, -0.1) is 0 Å². The SMILES string of the molecule is O=C(NC1CC1)[C@@H]1CN(Cc2cccc(F)c2F)[C@H]2CCO[C@@H]12. The molecule has 4 rings (SSSR count). The first kappa shape index (κ1) is 15.0. The molecule has 2 aliphatic heterocycles. The maximum Gasteiger partial charge on any atom is 0.227 e. The lowest BCUT2D eigenvalue weighted by molar-refractivity contribution is -0.127. The highest BCUT2D eigenvalue weighted by atomic mass is 19.2. The summed E-state index contributed by atoms with van der Waals surface area (Å²) >= 11 is 0. The topological polar surface area (TPSA) is 41.6 Å². The van der Waals surface area contributed by atoms with Gasteiger partial charge < -0.3 is 10.1 Å². The third-order valence-electron chi connectivity index (χ3n) is 5.07. The van der Waals surface area contributed by atoms with Gasteiger partial charge in [-0.1, -0.05) is 12.1 Å². The molecule has 0 spiro atoms. The van der Waals surface area contributed by atoms with E-state index < -0.39 is 11.6 Å². The number of nitrogens with zero attached hydrogens (tertiary/aromatic N) is 1. The van der Waals surface area contributed by atoms with Crippen molar-refractivity contribution in [2.24, 2.45) is 5.92 Å². The first-order valence-electron chi connectivity index (χ1n) is 8.22. The molecule has 3 fully saturated rings. The molecule has 0 bridgehead atoms. The van der Waals surface area contributed by atoms with E-state index in [1.165, 1.54) is 6.07 Å². The Bertz CT molecular complexity index is 621. The van der Waals surface area contributed by atoms with Crippen molar-refractivity contribution in [3.8, 4) is 0 Å². The van der Waals surface area contributed by atoms with Gasteiger partial charge in [-0.3, -0.25) is 9.69 Å². The van der Waals surface area contributed by atoms with E-state index in [1.54, 1.807) is 6.07 Å². The highest BCUT2D eigenvalue weighted by molar-refractivity contribution is 5.80. The summed E-state index contributed by atoms with van der Waals surface area (Å²) < 4.78 is 33.1. The molecule has 1 N–H and O–H groups in total. The average Bonchev–Trinajstić information content (AvgIpc) is 3.09. The van der Waals surface area contributed by atoms with E-state index in [0.29, 0.717) is 31.3 Å². The van der Waals surface area contributed by atoms with E-state index in [-0.39, 0.29) is 24.0 Å². The molecule has 2 saturated heterocycles. The Kier molecular flexibility index (Phi) is 3.81. The Labute approximate surface area is 133 Å². The Morgan fingerprint density at radius 2 is 2.13 bits per heavy atom. The average molecular weight is 322 g/mol. The van der Waals surface area contributed by atoms with Gasteiger partial charge in [0.25, 0.3) is 0 Å². The quantitative estimate of drug-likeness (QED) is 0.920. The van der Waals surface area contributed by atoms with Gasteiger partial charge >= 0.3 is 0 Å². The maximum absolute atomic E-state index is 13.9. The van der Waals surface area contributed by atoms with Crippen LogP contribution in [-0.4, -0.2) is 42.1 Å². The Balaban J connectivity index is 1.50. The number of ether oxygens (including phenoxy) is 1. The molecule has 3 aliphatic rings. The Morgan fingerprint density at radius 1 is 1.30 bits per heavy atom. The van der Waals surface area contributed by atoms with Crippen LogP contribution < -0.4 is 5.32 Å². The molecule has 0 aromatic heterocycles. The van der Waals surface area contributed by atoms with Crippen molar-refractivity contribution in [3.05, 3.63) is 35.4 Å². The van der Waals surface area contributed by atoms with Gasteiger partial charge in [-0.2, -0.15) is 0 Å². The second-order valence-electron chi connectivity index (χ2n) is 6.72. The third kappa shape index (κ3) is 2.85. The van der Waals surface area contributed by atoms with Crippen LogP contribution in [0, 0.1) is 17.6 Å². The molecule has 1 aromatic carbocycles. The number of likely N-dealkylation sites (tertiary alicyclic amines) is 1. The standard InChI is InChI=1S/C17H20F2N2O2/c18-13-3-1-2-10(15(13)19)8-21-9-12(16-14(21)6-7-23-16)17(22)20-11-4-5-11/h1-3,11-12,14,16H,4-9H2,(H,20,22)/t12-,14+,16+/m1/s1. The summed E-state index contributed by atoms with van der Waals surface area (Å²) in [6.07, 6.45) is 2.79. The number of carbonyl (C=O) groups is 1. The van der Waals surface area contributed by atoms with Crippen molar-refractivity contribution < 1.29 is 18.3 Å². The van der Waals surface area contributed by atoms with Crippen LogP contribution in [-0.2, 0) is 16.1 Å². The predicted molar refractivity (Wildman–Crippen MR) is 79.6 cm³/mol. The van der Waals surface area contributed by atoms with Crippen LogP contribution in [0.1, 0.15) is 24.8 Å². The number of fused-ring (bicyclic) bond motifs is 1. The number of hydrogen-bond donors (Lipinski definition) is 1. The Hall–Kier alpha value is -1.53. The predicted octanol–water partition coefficient (Wildman–Crippen LogP) is 1.83. The van der Waals surface area contributed by atoms with Gasteiger partial charge in [0.2, 0.25) is 5.91 Å². The molecule has 6 heteroatoms. The molecule has 0 radical (unpaired) electrons. The minimum absolute atomic E-state index is 0.0339. The summed E-state index contributed by atoms with van der Waals surface area (Å²) in [5.74, 6) is -1.82. The van der Waals surface area contributed by atoms with Crippen molar-refractivity contribution in [2.45, 2.75) is 44.0 Å². The van der Waals surface area contributed by atoms with Crippen LogP contribution in [0.25, 0.3) is 0 Å². The summed E-state index contributed by atoms with van der Waals surface area (Å²) in [7, 11) is 0. The highest BCUT2D eigenvalue weighted by Crippen LogP contribution is 2.35. The highest BCUT2D eigenvalue weighted by Gasteiger charge is 2.49.